The summed E-state index contributed by atoms with van der Waals surface area (Å²) in [7, 11) is 0. The summed E-state index contributed by atoms with van der Waals surface area (Å²) in [6, 6.07) is 8.28. The second-order valence-corrected chi connectivity index (χ2v) is 3.85. The van der Waals surface area contributed by atoms with Crippen molar-refractivity contribution in [3.05, 3.63) is 48.4 Å². The molecule has 0 aliphatic rings. The van der Waals surface area contributed by atoms with Gasteiger partial charge in [-0.15, -0.1) is 0 Å². The van der Waals surface area contributed by atoms with Crippen molar-refractivity contribution < 1.29 is 0 Å². The summed E-state index contributed by atoms with van der Waals surface area (Å²) in [6.45, 7) is 0.554. The van der Waals surface area contributed by atoms with Crippen molar-refractivity contribution in [1.82, 2.24) is 9.97 Å². The molecule has 0 saturated heterocycles. The van der Waals surface area contributed by atoms with E-state index in [0.717, 1.165) is 11.1 Å². The van der Waals surface area contributed by atoms with E-state index in [0.29, 0.717) is 6.54 Å². The molecule has 3 heteroatoms. The molecule has 0 aliphatic heterocycles. The lowest BCUT2D eigenvalue weighted by molar-refractivity contribution is 1.08. The molecule has 0 atom stereocenters. The molecule has 2 heterocycles. The number of aromatic amines is 2. The molecule has 16 heavy (non-hydrogen) atoms. The minimum atomic E-state index is 0.554. The van der Waals surface area contributed by atoms with Crippen LogP contribution in [0.15, 0.2) is 42.9 Å². The predicted molar refractivity (Wildman–Crippen MR) is 66.0 cm³/mol. The molecule has 0 aliphatic carbocycles. The molecule has 80 valence electrons. The van der Waals surface area contributed by atoms with Gasteiger partial charge in [0.1, 0.15) is 0 Å². The maximum Gasteiger partial charge on any atom is 0.0460 e. The quantitative estimate of drug-likeness (QED) is 0.599. The van der Waals surface area contributed by atoms with E-state index in [1.54, 1.807) is 0 Å². The van der Waals surface area contributed by atoms with Crippen LogP contribution in [-0.2, 0) is 6.54 Å². The van der Waals surface area contributed by atoms with Crippen LogP contribution < -0.4 is 5.73 Å². The minimum absolute atomic E-state index is 0.554. The van der Waals surface area contributed by atoms with Crippen molar-refractivity contribution >= 4 is 10.9 Å². The van der Waals surface area contributed by atoms with Gasteiger partial charge in [-0.2, -0.15) is 0 Å². The molecule has 1 aromatic carbocycles. The molecule has 0 fully saturated rings. The molecule has 3 rings (SSSR count). The zero-order valence-corrected chi connectivity index (χ0v) is 8.83. The maximum atomic E-state index is 5.72. The summed E-state index contributed by atoms with van der Waals surface area (Å²) < 4.78 is 0. The normalized spacial score (nSPS) is 11.1. The molecule has 0 spiro atoms. The Hall–Kier alpha value is -2.00. The van der Waals surface area contributed by atoms with Crippen molar-refractivity contribution in [1.29, 1.82) is 0 Å². The summed E-state index contributed by atoms with van der Waals surface area (Å²) in [5.41, 5.74) is 10.4. The van der Waals surface area contributed by atoms with Crippen molar-refractivity contribution in [2.24, 2.45) is 5.73 Å². The number of benzene rings is 1. The number of nitrogens with two attached hydrogens (primary N) is 1. The van der Waals surface area contributed by atoms with Gasteiger partial charge < -0.3 is 15.7 Å². The van der Waals surface area contributed by atoms with Crippen LogP contribution in [0.2, 0.25) is 0 Å². The molecule has 2 aromatic heterocycles. The summed E-state index contributed by atoms with van der Waals surface area (Å²) in [5.74, 6) is 0. The summed E-state index contributed by atoms with van der Waals surface area (Å²) in [4.78, 5) is 6.38. The van der Waals surface area contributed by atoms with Crippen LogP contribution in [0, 0.1) is 0 Å². The molecule has 0 amide bonds. The number of fused-ring (bicyclic) bond motifs is 1. The van der Waals surface area contributed by atoms with E-state index in [4.69, 9.17) is 5.73 Å². The zero-order valence-electron chi connectivity index (χ0n) is 8.83. The first-order chi connectivity index (χ1) is 7.90. The van der Waals surface area contributed by atoms with Crippen LogP contribution >= 0.6 is 0 Å². The van der Waals surface area contributed by atoms with Gasteiger partial charge >= 0.3 is 0 Å². The fourth-order valence-electron chi connectivity index (χ4n) is 2.11. The highest BCUT2D eigenvalue weighted by Crippen LogP contribution is 2.30. The molecule has 0 unspecified atom stereocenters. The van der Waals surface area contributed by atoms with E-state index in [9.17, 15) is 0 Å². The molecule has 4 N–H and O–H groups in total. The third-order valence-corrected chi connectivity index (χ3v) is 2.93. The molecule has 3 aromatic rings. The Morgan fingerprint density at radius 1 is 1.00 bits per heavy atom. The molecular formula is C13H13N3. The number of aromatic nitrogens is 2. The number of rotatable bonds is 2. The van der Waals surface area contributed by atoms with Gasteiger partial charge in [0.15, 0.2) is 0 Å². The first-order valence-corrected chi connectivity index (χ1v) is 5.32. The van der Waals surface area contributed by atoms with Crippen molar-refractivity contribution in [2.75, 3.05) is 0 Å². The zero-order chi connectivity index (χ0) is 11.0. The Balaban J connectivity index is 2.26. The fourth-order valence-corrected chi connectivity index (χ4v) is 2.11. The van der Waals surface area contributed by atoms with Crippen LogP contribution in [-0.4, -0.2) is 9.97 Å². The van der Waals surface area contributed by atoms with Gasteiger partial charge in [0, 0.05) is 47.2 Å². The SMILES string of the molecule is NCc1c[nH]cc1-c1c[nH]c2ccccc12. The van der Waals surface area contributed by atoms with Gasteiger partial charge in [-0.1, -0.05) is 18.2 Å². The fraction of sp³-hybridized carbons (Fsp3) is 0.0769. The van der Waals surface area contributed by atoms with Crippen LogP contribution in [0.5, 0.6) is 0 Å². The first-order valence-electron chi connectivity index (χ1n) is 5.32. The van der Waals surface area contributed by atoms with Crippen LogP contribution in [0.1, 0.15) is 5.56 Å². The number of nitrogens with one attached hydrogen (secondary N) is 2. The third kappa shape index (κ3) is 1.26. The standard InChI is InChI=1S/C13H13N3/c14-5-9-6-15-7-11(9)12-8-16-13-4-2-1-3-10(12)13/h1-4,6-8,15-16H,5,14H2. The molecule has 0 radical (unpaired) electrons. The van der Waals surface area contributed by atoms with E-state index < -0.39 is 0 Å². The Kier molecular flexibility index (Phi) is 2.04. The van der Waals surface area contributed by atoms with E-state index in [1.807, 2.05) is 24.7 Å². The lowest BCUT2D eigenvalue weighted by Gasteiger charge is -1.99. The molecule has 3 nitrogen and oxygen atoms in total. The number of hydrogen-bond donors (Lipinski definition) is 3. The average molecular weight is 211 g/mol. The Labute approximate surface area is 93.3 Å². The average Bonchev–Trinajstić information content (AvgIpc) is 2.94. The highest BCUT2D eigenvalue weighted by Gasteiger charge is 2.09. The van der Waals surface area contributed by atoms with Crippen molar-refractivity contribution in [2.45, 2.75) is 6.54 Å². The second-order valence-electron chi connectivity index (χ2n) is 3.85. The summed E-state index contributed by atoms with van der Waals surface area (Å²) in [6.07, 6.45) is 5.99. The van der Waals surface area contributed by atoms with Crippen molar-refractivity contribution in [3.63, 3.8) is 0 Å². The Morgan fingerprint density at radius 3 is 2.75 bits per heavy atom. The van der Waals surface area contributed by atoms with E-state index in [1.165, 1.54) is 16.5 Å². The smallest absolute Gasteiger partial charge is 0.0460 e. The monoisotopic (exact) mass is 211 g/mol. The molecular weight excluding hydrogens is 198 g/mol. The highest BCUT2D eigenvalue weighted by molar-refractivity contribution is 5.96. The minimum Gasteiger partial charge on any atom is -0.367 e. The van der Waals surface area contributed by atoms with Gasteiger partial charge in [-0.05, 0) is 11.6 Å². The van der Waals surface area contributed by atoms with Gasteiger partial charge in [-0.3, -0.25) is 0 Å². The van der Waals surface area contributed by atoms with Gasteiger partial charge in [-0.25, -0.2) is 0 Å². The largest absolute Gasteiger partial charge is 0.367 e. The maximum absolute atomic E-state index is 5.72. The summed E-state index contributed by atoms with van der Waals surface area (Å²) >= 11 is 0. The van der Waals surface area contributed by atoms with E-state index in [2.05, 4.69) is 28.2 Å². The first kappa shape index (κ1) is 9.24. The van der Waals surface area contributed by atoms with Crippen LogP contribution in [0.3, 0.4) is 0 Å². The predicted octanol–water partition coefficient (Wildman–Crippen LogP) is 2.62. The van der Waals surface area contributed by atoms with Gasteiger partial charge in [0.25, 0.3) is 0 Å². The van der Waals surface area contributed by atoms with Crippen LogP contribution in [0.25, 0.3) is 22.0 Å². The van der Waals surface area contributed by atoms with Gasteiger partial charge in [0.05, 0.1) is 0 Å². The Morgan fingerprint density at radius 2 is 1.88 bits per heavy atom. The lowest BCUT2D eigenvalue weighted by atomic mass is 10.0. The lowest BCUT2D eigenvalue weighted by Crippen LogP contribution is -1.95. The number of H-pyrrole nitrogens is 2. The second kappa shape index (κ2) is 3.54. The summed E-state index contributed by atoms with van der Waals surface area (Å²) in [5, 5.41) is 1.23. The third-order valence-electron chi connectivity index (χ3n) is 2.93. The van der Waals surface area contributed by atoms with Crippen molar-refractivity contribution in [3.8, 4) is 11.1 Å². The number of hydrogen-bond acceptors (Lipinski definition) is 1. The molecule has 0 bridgehead atoms. The van der Waals surface area contributed by atoms with Gasteiger partial charge in [0.2, 0.25) is 0 Å². The topological polar surface area (TPSA) is 57.6 Å². The van der Waals surface area contributed by atoms with Crippen LogP contribution in [0.4, 0.5) is 0 Å². The highest BCUT2D eigenvalue weighted by atomic mass is 14.7. The van der Waals surface area contributed by atoms with E-state index >= 15 is 0 Å². The van der Waals surface area contributed by atoms with E-state index in [-0.39, 0.29) is 0 Å². The number of para-hydroxylation sites is 1. The Bertz CT molecular complexity index is 619. The molecule has 0 saturated carbocycles.